The summed E-state index contributed by atoms with van der Waals surface area (Å²) in [5.41, 5.74) is 0.672. The molecule has 2 heterocycles. The van der Waals surface area contributed by atoms with Gasteiger partial charge >= 0.3 is 5.97 Å². The molecule has 8 heteroatoms. The molecule has 5 atom stereocenters. The van der Waals surface area contributed by atoms with Gasteiger partial charge in [0, 0.05) is 22.6 Å². The van der Waals surface area contributed by atoms with Crippen LogP contribution in [0.4, 0.5) is 0 Å². The Bertz CT molecular complexity index is 932. The van der Waals surface area contributed by atoms with Gasteiger partial charge in [-0.3, -0.25) is 0 Å². The van der Waals surface area contributed by atoms with E-state index in [1.54, 1.807) is 17.1 Å². The Morgan fingerprint density at radius 3 is 2.97 bits per heavy atom. The Hall–Kier alpha value is -1.61. The van der Waals surface area contributed by atoms with Crippen LogP contribution in [0.15, 0.2) is 28.5 Å². The molecular formula is C22H27NO5S2. The zero-order valence-electron chi connectivity index (χ0n) is 17.3. The molecule has 2 N–H and O–H groups in total. The Morgan fingerprint density at radius 1 is 1.47 bits per heavy atom. The van der Waals surface area contributed by atoms with Crippen LogP contribution in [0.3, 0.4) is 0 Å². The molecule has 2 fully saturated rings. The summed E-state index contributed by atoms with van der Waals surface area (Å²) in [6.45, 7) is 4.51. The molecule has 162 valence electrons. The van der Waals surface area contributed by atoms with Crippen LogP contribution >= 0.6 is 23.1 Å². The second kappa shape index (κ2) is 8.49. The fourth-order valence-electron chi connectivity index (χ4n) is 4.61. The first-order chi connectivity index (χ1) is 14.3. The number of rotatable bonds is 6. The van der Waals surface area contributed by atoms with Gasteiger partial charge in [0.15, 0.2) is 5.69 Å². The number of carbonyl (C=O) groups is 1. The Balaban J connectivity index is 1.43. The van der Waals surface area contributed by atoms with Crippen LogP contribution < -0.4 is 4.74 Å². The molecule has 1 saturated heterocycles. The average molecular weight is 450 g/mol. The average Bonchev–Trinajstić information content (AvgIpc) is 3.32. The molecule has 0 amide bonds. The minimum atomic E-state index is -1.02. The second-order valence-electron chi connectivity index (χ2n) is 8.34. The number of fused-ring (bicyclic) bond motifs is 1. The van der Waals surface area contributed by atoms with E-state index in [2.05, 4.69) is 30.3 Å². The predicted molar refractivity (Wildman–Crippen MR) is 117 cm³/mol. The van der Waals surface area contributed by atoms with Gasteiger partial charge in [-0.05, 0) is 56.6 Å². The van der Waals surface area contributed by atoms with E-state index in [4.69, 9.17) is 14.6 Å². The number of thiazole rings is 1. The van der Waals surface area contributed by atoms with Crippen LogP contribution in [0.1, 0.15) is 47.2 Å². The van der Waals surface area contributed by atoms with Crippen molar-refractivity contribution in [2.24, 2.45) is 11.8 Å². The van der Waals surface area contributed by atoms with Crippen LogP contribution in [0.2, 0.25) is 0 Å². The number of hydrogen-bond donors (Lipinski definition) is 2. The van der Waals surface area contributed by atoms with Crippen molar-refractivity contribution < 1.29 is 24.5 Å². The van der Waals surface area contributed by atoms with Crippen molar-refractivity contribution in [2.45, 2.75) is 55.8 Å². The summed E-state index contributed by atoms with van der Waals surface area (Å²) in [4.78, 5) is 16.6. The van der Waals surface area contributed by atoms with Crippen molar-refractivity contribution in [3.8, 4) is 5.75 Å². The number of aromatic carboxylic acids is 1. The molecule has 1 saturated carbocycles. The third-order valence-electron chi connectivity index (χ3n) is 6.36. The molecule has 0 unspecified atom stereocenters. The monoisotopic (exact) mass is 449 g/mol. The molecule has 6 nitrogen and oxygen atoms in total. The van der Waals surface area contributed by atoms with Gasteiger partial charge in [-0.1, -0.05) is 6.07 Å². The molecule has 0 spiro atoms. The van der Waals surface area contributed by atoms with Crippen molar-refractivity contribution in [2.75, 3.05) is 12.9 Å². The summed E-state index contributed by atoms with van der Waals surface area (Å²) >= 11 is 3.02. The van der Waals surface area contributed by atoms with Gasteiger partial charge in [0.2, 0.25) is 0 Å². The van der Waals surface area contributed by atoms with E-state index in [1.807, 2.05) is 13.0 Å². The molecule has 1 aliphatic carbocycles. The Morgan fingerprint density at radius 2 is 2.27 bits per heavy atom. The number of aliphatic hydroxyl groups excluding tert-OH is 1. The zero-order valence-corrected chi connectivity index (χ0v) is 19.0. The number of aromatic nitrogens is 1. The summed E-state index contributed by atoms with van der Waals surface area (Å²) in [6, 6.07) is 6.09. The second-order valence-corrected chi connectivity index (χ2v) is 10.0. The van der Waals surface area contributed by atoms with E-state index in [1.165, 1.54) is 21.8 Å². The van der Waals surface area contributed by atoms with Crippen LogP contribution in [0.5, 0.6) is 5.75 Å². The van der Waals surface area contributed by atoms with Gasteiger partial charge in [0.05, 0.1) is 18.8 Å². The maximum atomic E-state index is 11.2. The van der Waals surface area contributed by atoms with E-state index >= 15 is 0 Å². The number of nitrogens with zero attached hydrogens (tertiary/aromatic N) is 1. The molecular weight excluding hydrogens is 422 g/mol. The van der Waals surface area contributed by atoms with E-state index in [9.17, 15) is 9.90 Å². The Labute approximate surface area is 184 Å². The molecule has 1 aromatic heterocycles. The zero-order chi connectivity index (χ0) is 21.5. The fourth-order valence-corrected chi connectivity index (χ4v) is 6.16. The number of carboxylic acid groups (broad SMARTS) is 1. The van der Waals surface area contributed by atoms with Crippen molar-refractivity contribution in [3.05, 3.63) is 39.8 Å². The van der Waals surface area contributed by atoms with Gasteiger partial charge in [-0.25, -0.2) is 9.78 Å². The predicted octanol–water partition coefficient (Wildman–Crippen LogP) is 4.34. The molecule has 2 aromatic rings. The maximum absolute atomic E-state index is 11.2. The van der Waals surface area contributed by atoms with E-state index in [0.29, 0.717) is 18.0 Å². The third-order valence-corrected chi connectivity index (χ3v) is 8.33. The van der Waals surface area contributed by atoms with E-state index in [-0.39, 0.29) is 23.6 Å². The lowest BCUT2D eigenvalue weighted by molar-refractivity contribution is -0.145. The lowest BCUT2D eigenvalue weighted by atomic mass is 9.83. The minimum absolute atomic E-state index is 0.0180. The van der Waals surface area contributed by atoms with Gasteiger partial charge in [-0.15, -0.1) is 23.1 Å². The van der Waals surface area contributed by atoms with Crippen molar-refractivity contribution in [1.29, 1.82) is 0 Å². The molecule has 2 aliphatic rings. The first-order valence-corrected chi connectivity index (χ1v) is 12.2. The normalized spacial score (nSPS) is 30.8. The first kappa shape index (κ1) is 21.6. The van der Waals surface area contributed by atoms with Gasteiger partial charge in [0.1, 0.15) is 16.4 Å². The molecule has 4 rings (SSSR count). The number of hydrogen-bond acceptors (Lipinski definition) is 7. The quantitative estimate of drug-likeness (QED) is 0.634. The lowest BCUT2D eigenvalue weighted by Gasteiger charge is -2.40. The number of ether oxygens (including phenoxy) is 2. The van der Waals surface area contributed by atoms with Gasteiger partial charge in [0.25, 0.3) is 0 Å². The maximum Gasteiger partial charge on any atom is 0.355 e. The highest BCUT2D eigenvalue weighted by Crippen LogP contribution is 2.49. The number of thioether (sulfide) groups is 1. The highest BCUT2D eigenvalue weighted by molar-refractivity contribution is 7.98. The van der Waals surface area contributed by atoms with Crippen molar-refractivity contribution in [1.82, 2.24) is 4.98 Å². The molecule has 0 bridgehead atoms. The van der Waals surface area contributed by atoms with Gasteiger partial charge < -0.3 is 19.7 Å². The number of benzene rings is 1. The number of carboxylic acids is 1. The number of aliphatic hydroxyl groups is 1. The first-order valence-electron chi connectivity index (χ1n) is 10.1. The summed E-state index contributed by atoms with van der Waals surface area (Å²) in [5, 5.41) is 22.1. The fraction of sp³-hybridized carbons (Fsp3) is 0.545. The number of aryl methyl sites for hydroxylation is 1. The van der Waals surface area contributed by atoms with Gasteiger partial charge in [-0.2, -0.15) is 0 Å². The highest BCUT2D eigenvalue weighted by Gasteiger charge is 2.50. The van der Waals surface area contributed by atoms with Crippen LogP contribution in [-0.4, -0.2) is 46.2 Å². The largest absolute Gasteiger partial charge is 0.493 e. The molecule has 1 aromatic carbocycles. The Kier molecular flexibility index (Phi) is 6.12. The molecule has 1 aliphatic heterocycles. The van der Waals surface area contributed by atoms with Crippen molar-refractivity contribution in [3.63, 3.8) is 0 Å². The van der Waals surface area contributed by atoms with Crippen LogP contribution in [-0.2, 0) is 10.3 Å². The standard InChI is InChI=1S/C22H27NO5S2/c1-12-4-5-13(8-19(12)29-3)27-10-15-14-6-7-22(2,28-18(14)9-17(15)24)21-23-16(11-30-21)20(25)26/h4-5,8,11,14-15,17-18,24H,6-7,9-10H2,1-3H3,(H,25,26)/t14-,15-,17-,18+,22-/m1/s1. The minimum Gasteiger partial charge on any atom is -0.493 e. The summed E-state index contributed by atoms with van der Waals surface area (Å²) in [5.74, 6) is 0.0390. The van der Waals surface area contributed by atoms with Crippen LogP contribution in [0.25, 0.3) is 0 Å². The van der Waals surface area contributed by atoms with Crippen LogP contribution in [0, 0.1) is 18.8 Å². The third kappa shape index (κ3) is 4.10. The summed E-state index contributed by atoms with van der Waals surface area (Å²) < 4.78 is 12.5. The highest BCUT2D eigenvalue weighted by atomic mass is 32.2. The summed E-state index contributed by atoms with van der Waals surface area (Å²) in [7, 11) is 0. The topological polar surface area (TPSA) is 88.9 Å². The van der Waals surface area contributed by atoms with E-state index in [0.717, 1.165) is 18.6 Å². The smallest absolute Gasteiger partial charge is 0.355 e. The summed E-state index contributed by atoms with van der Waals surface area (Å²) in [6.07, 6.45) is 3.69. The SMILES string of the molecule is CSc1cc(OC[C@@H]2[C@H]3CC[C@](C)(c4nc(C(=O)O)cs4)O[C@H]3C[C@H]2O)ccc1C. The van der Waals surface area contributed by atoms with Crippen molar-refractivity contribution >= 4 is 29.1 Å². The van der Waals surface area contributed by atoms with E-state index < -0.39 is 17.7 Å². The lowest BCUT2D eigenvalue weighted by Crippen LogP contribution is -2.41. The molecule has 0 radical (unpaired) electrons. The molecule has 30 heavy (non-hydrogen) atoms.